The van der Waals surface area contributed by atoms with Gasteiger partial charge < -0.3 is 15.5 Å². The first kappa shape index (κ1) is 23.6. The number of anilines is 3. The first-order valence-electron chi connectivity index (χ1n) is 10.7. The molecular weight excluding hydrogens is 545 g/mol. The minimum absolute atomic E-state index is 0.142. The van der Waals surface area contributed by atoms with Gasteiger partial charge in [0.05, 0.1) is 0 Å². The second-order valence-electron chi connectivity index (χ2n) is 7.88. The minimum Gasteiger partial charge on any atom is -0.325 e. The van der Waals surface area contributed by atoms with Crippen LogP contribution in [0.4, 0.5) is 17.1 Å². The molecule has 1 aliphatic heterocycles. The van der Waals surface area contributed by atoms with Gasteiger partial charge in [-0.1, -0.05) is 6.07 Å². The summed E-state index contributed by atoms with van der Waals surface area (Å²) >= 11 is 2.19. The number of nitrogens with zero attached hydrogens (tertiary/aromatic N) is 1. The summed E-state index contributed by atoms with van der Waals surface area (Å²) in [7, 11) is 0. The zero-order chi connectivity index (χ0) is 24.4. The van der Waals surface area contributed by atoms with E-state index in [-0.39, 0.29) is 17.6 Å². The molecule has 1 aliphatic rings. The second-order valence-corrected chi connectivity index (χ2v) is 9.12. The number of hydrogen-bond acceptors (Lipinski definition) is 4. The molecule has 1 unspecified atom stereocenters. The molecule has 0 spiro atoms. The molecule has 3 aromatic carbocycles. The van der Waals surface area contributed by atoms with Gasteiger partial charge in [0.2, 0.25) is 11.8 Å². The molecule has 0 radical (unpaired) electrons. The Kier molecular flexibility index (Phi) is 6.78. The van der Waals surface area contributed by atoms with Crippen LogP contribution in [0.3, 0.4) is 0 Å². The molecule has 0 aromatic heterocycles. The molecular formula is C26H22IN3O4. The summed E-state index contributed by atoms with van der Waals surface area (Å²) in [5, 5.41) is 5.59. The van der Waals surface area contributed by atoms with Crippen LogP contribution in [0.15, 0.2) is 66.7 Å². The van der Waals surface area contributed by atoms with E-state index < -0.39 is 11.8 Å². The number of benzene rings is 3. The molecule has 1 atom stereocenters. The van der Waals surface area contributed by atoms with E-state index in [9.17, 15) is 19.2 Å². The summed E-state index contributed by atoms with van der Waals surface area (Å²) in [5.74, 6) is -2.39. The molecule has 0 saturated carbocycles. The Morgan fingerprint density at radius 1 is 0.912 bits per heavy atom. The van der Waals surface area contributed by atoms with E-state index in [0.717, 1.165) is 3.57 Å². The Morgan fingerprint density at radius 2 is 1.65 bits per heavy atom. The van der Waals surface area contributed by atoms with Crippen LogP contribution in [-0.4, -0.2) is 30.0 Å². The monoisotopic (exact) mass is 567 g/mol. The van der Waals surface area contributed by atoms with E-state index in [1.54, 1.807) is 42.5 Å². The highest BCUT2D eigenvalue weighted by molar-refractivity contribution is 14.1. The van der Waals surface area contributed by atoms with Gasteiger partial charge in [0.15, 0.2) is 5.78 Å². The Morgan fingerprint density at radius 3 is 2.32 bits per heavy atom. The second kappa shape index (κ2) is 9.76. The number of nitrogens with one attached hydrogen (secondary N) is 2. The zero-order valence-electron chi connectivity index (χ0n) is 18.6. The number of amides is 3. The summed E-state index contributed by atoms with van der Waals surface area (Å²) in [6.45, 7) is 3.68. The highest BCUT2D eigenvalue weighted by Crippen LogP contribution is 2.38. The summed E-state index contributed by atoms with van der Waals surface area (Å²) < 4.78 is 1.06. The molecule has 0 saturated heterocycles. The van der Waals surface area contributed by atoms with Crippen molar-refractivity contribution >= 4 is 63.2 Å². The standard InChI is InChI=1S/C26H22IN3O4/c1-3-30-22-12-7-16(15(2)31)14-21(22)23(26(30)34)25(33)29-20-6-4-5-17(13-20)24(32)28-19-10-8-18(27)9-11-19/h4-14,23H,3H2,1-2H3,(H,28,32)(H,29,33). The first-order valence-corrected chi connectivity index (χ1v) is 11.8. The fourth-order valence-electron chi connectivity index (χ4n) is 3.93. The SMILES string of the molecule is CCN1C(=O)C(C(=O)Nc2cccc(C(=O)Nc3ccc(I)cc3)c2)c2cc(C(C)=O)ccc21. The molecule has 0 aliphatic carbocycles. The maximum absolute atomic E-state index is 13.2. The summed E-state index contributed by atoms with van der Waals surface area (Å²) in [6, 6.07) is 18.9. The molecule has 0 bridgehead atoms. The molecule has 172 valence electrons. The van der Waals surface area contributed by atoms with Crippen molar-refractivity contribution in [2.45, 2.75) is 19.8 Å². The van der Waals surface area contributed by atoms with Gasteiger partial charge in [-0.05, 0) is 103 Å². The molecule has 2 N–H and O–H groups in total. The van der Waals surface area contributed by atoms with Crippen LogP contribution in [0.2, 0.25) is 0 Å². The van der Waals surface area contributed by atoms with Gasteiger partial charge in [-0.25, -0.2) is 0 Å². The van der Waals surface area contributed by atoms with E-state index in [1.165, 1.54) is 11.8 Å². The Balaban J connectivity index is 1.56. The largest absolute Gasteiger partial charge is 0.325 e. The van der Waals surface area contributed by atoms with Crippen molar-refractivity contribution in [2.24, 2.45) is 0 Å². The van der Waals surface area contributed by atoms with Crippen LogP contribution >= 0.6 is 22.6 Å². The van der Waals surface area contributed by atoms with Crippen molar-refractivity contribution < 1.29 is 19.2 Å². The summed E-state index contributed by atoms with van der Waals surface area (Å²) in [4.78, 5) is 52.3. The fraction of sp³-hybridized carbons (Fsp3) is 0.154. The van der Waals surface area contributed by atoms with Crippen LogP contribution in [0.5, 0.6) is 0 Å². The number of Topliss-reactive ketones (excluding diaryl/α,β-unsaturated/α-hetero) is 1. The van der Waals surface area contributed by atoms with Crippen molar-refractivity contribution in [1.29, 1.82) is 0 Å². The van der Waals surface area contributed by atoms with Gasteiger partial charge in [0.25, 0.3) is 5.91 Å². The third-order valence-corrected chi connectivity index (χ3v) is 6.34. The number of fused-ring (bicyclic) bond motifs is 1. The van der Waals surface area contributed by atoms with Crippen molar-refractivity contribution in [3.63, 3.8) is 0 Å². The summed E-state index contributed by atoms with van der Waals surface area (Å²) in [5.41, 5.74) is 2.99. The number of halogens is 1. The van der Waals surface area contributed by atoms with Crippen LogP contribution in [-0.2, 0) is 9.59 Å². The first-order chi connectivity index (χ1) is 16.3. The topological polar surface area (TPSA) is 95.6 Å². The molecule has 8 heteroatoms. The van der Waals surface area contributed by atoms with E-state index in [2.05, 4.69) is 33.2 Å². The molecule has 34 heavy (non-hydrogen) atoms. The third kappa shape index (κ3) is 4.72. The maximum Gasteiger partial charge on any atom is 0.255 e. The van der Waals surface area contributed by atoms with Crippen molar-refractivity contribution in [3.05, 3.63) is 87.0 Å². The van der Waals surface area contributed by atoms with Crippen molar-refractivity contribution in [3.8, 4) is 0 Å². The molecule has 3 amide bonds. The van der Waals surface area contributed by atoms with Crippen LogP contribution < -0.4 is 15.5 Å². The molecule has 0 fully saturated rings. The molecule has 4 rings (SSSR count). The number of hydrogen-bond donors (Lipinski definition) is 2. The van der Waals surface area contributed by atoms with Crippen LogP contribution in [0.1, 0.15) is 46.0 Å². The van der Waals surface area contributed by atoms with Gasteiger partial charge >= 0.3 is 0 Å². The number of carbonyl (C=O) groups is 4. The Hall–Kier alpha value is -3.53. The number of carbonyl (C=O) groups excluding carboxylic acids is 4. The normalized spacial score (nSPS) is 14.5. The zero-order valence-corrected chi connectivity index (χ0v) is 20.8. The van der Waals surface area contributed by atoms with Crippen LogP contribution in [0.25, 0.3) is 0 Å². The van der Waals surface area contributed by atoms with Gasteiger partial charge in [-0.3, -0.25) is 19.2 Å². The van der Waals surface area contributed by atoms with Gasteiger partial charge in [0.1, 0.15) is 5.92 Å². The van der Waals surface area contributed by atoms with Crippen molar-refractivity contribution in [1.82, 2.24) is 0 Å². The Bertz CT molecular complexity index is 1300. The maximum atomic E-state index is 13.2. The lowest BCUT2D eigenvalue weighted by Gasteiger charge is -2.15. The highest BCUT2D eigenvalue weighted by Gasteiger charge is 2.41. The van der Waals surface area contributed by atoms with Crippen LogP contribution in [0, 0.1) is 3.57 Å². The smallest absolute Gasteiger partial charge is 0.255 e. The lowest BCUT2D eigenvalue weighted by atomic mass is 9.96. The summed E-state index contributed by atoms with van der Waals surface area (Å²) in [6.07, 6.45) is 0. The predicted molar refractivity (Wildman–Crippen MR) is 139 cm³/mol. The van der Waals surface area contributed by atoms with Crippen molar-refractivity contribution in [2.75, 3.05) is 22.1 Å². The highest BCUT2D eigenvalue weighted by atomic mass is 127. The third-order valence-electron chi connectivity index (χ3n) is 5.62. The van der Waals surface area contributed by atoms with Gasteiger partial charge in [-0.2, -0.15) is 0 Å². The fourth-order valence-corrected chi connectivity index (χ4v) is 4.29. The predicted octanol–water partition coefficient (Wildman–Crippen LogP) is 4.83. The quantitative estimate of drug-likeness (QED) is 0.253. The van der Waals surface area contributed by atoms with E-state index in [4.69, 9.17) is 0 Å². The molecule has 1 heterocycles. The average molecular weight is 567 g/mol. The minimum atomic E-state index is -1.07. The van der Waals surface area contributed by atoms with Gasteiger partial charge in [-0.15, -0.1) is 0 Å². The number of rotatable bonds is 6. The molecule has 7 nitrogen and oxygen atoms in total. The van der Waals surface area contributed by atoms with E-state index >= 15 is 0 Å². The number of ketones is 1. The Labute approximate surface area is 210 Å². The van der Waals surface area contributed by atoms with E-state index in [1.807, 2.05) is 31.2 Å². The lowest BCUT2D eigenvalue weighted by Crippen LogP contribution is -2.33. The average Bonchev–Trinajstić information content (AvgIpc) is 3.10. The van der Waals surface area contributed by atoms with E-state index in [0.29, 0.717) is 40.3 Å². The lowest BCUT2D eigenvalue weighted by molar-refractivity contribution is -0.126. The number of likely N-dealkylation sites (N-methyl/N-ethyl adjacent to an activating group) is 1. The van der Waals surface area contributed by atoms with Gasteiger partial charge in [0, 0.05) is 38.3 Å². The molecule has 3 aromatic rings.